The molecule has 1 saturated heterocycles. The number of aromatic nitrogens is 4. The molecule has 24 heavy (non-hydrogen) atoms. The van der Waals surface area contributed by atoms with E-state index in [1.807, 2.05) is 18.5 Å². The smallest absolute Gasteiger partial charge is 0.225 e. The Kier molecular flexibility index (Phi) is 4.15. The van der Waals surface area contributed by atoms with Crippen molar-refractivity contribution < 1.29 is 4.79 Å². The van der Waals surface area contributed by atoms with Crippen molar-refractivity contribution in [1.29, 1.82) is 0 Å². The molecule has 7 heteroatoms. The molecule has 1 atom stereocenters. The molecular formula is C17H22N6O. The van der Waals surface area contributed by atoms with Crippen LogP contribution < -0.4 is 10.2 Å². The first-order valence-corrected chi connectivity index (χ1v) is 8.62. The Bertz CT molecular complexity index is 692. The molecule has 2 aromatic heterocycles. The summed E-state index contributed by atoms with van der Waals surface area (Å²) in [6.45, 7) is 2.49. The maximum absolute atomic E-state index is 12.6. The first-order chi connectivity index (χ1) is 11.8. The molecule has 0 bridgehead atoms. The monoisotopic (exact) mass is 326 g/mol. The Morgan fingerprint density at radius 1 is 1.08 bits per heavy atom. The summed E-state index contributed by atoms with van der Waals surface area (Å²) in [6.07, 6.45) is 11.0. The van der Waals surface area contributed by atoms with Gasteiger partial charge in [0.1, 0.15) is 5.82 Å². The van der Waals surface area contributed by atoms with Crippen molar-refractivity contribution in [3.05, 3.63) is 36.7 Å². The number of nitrogens with one attached hydrogen (secondary N) is 1. The standard InChI is InChI=1S/C17H22N6O/c24-16(21-14-2-3-15-18-8-11-23(15)12-14)13-4-9-22(10-5-13)17-19-6-1-7-20-17/h1,6-8,11,13-14H,2-5,9-10,12H2,(H,21,24)/t14-/m1/s1. The molecule has 0 spiro atoms. The molecule has 2 aliphatic heterocycles. The highest BCUT2D eigenvalue weighted by Gasteiger charge is 2.28. The Morgan fingerprint density at radius 3 is 2.67 bits per heavy atom. The van der Waals surface area contributed by atoms with Crippen LogP contribution in [0, 0.1) is 5.92 Å². The first-order valence-electron chi connectivity index (χ1n) is 8.62. The summed E-state index contributed by atoms with van der Waals surface area (Å²) in [7, 11) is 0. The molecule has 4 rings (SSSR count). The number of fused-ring (bicyclic) bond motifs is 1. The van der Waals surface area contributed by atoms with E-state index in [0.29, 0.717) is 0 Å². The van der Waals surface area contributed by atoms with Crippen LogP contribution in [0.25, 0.3) is 0 Å². The van der Waals surface area contributed by atoms with Gasteiger partial charge in [0.05, 0.1) is 0 Å². The van der Waals surface area contributed by atoms with E-state index in [-0.39, 0.29) is 17.9 Å². The number of anilines is 1. The van der Waals surface area contributed by atoms with Gasteiger partial charge < -0.3 is 14.8 Å². The van der Waals surface area contributed by atoms with Crippen LogP contribution >= 0.6 is 0 Å². The number of amides is 1. The Hall–Kier alpha value is -2.44. The average Bonchev–Trinajstić information content (AvgIpc) is 3.10. The summed E-state index contributed by atoms with van der Waals surface area (Å²) in [4.78, 5) is 27.6. The van der Waals surface area contributed by atoms with Crippen LogP contribution in [-0.2, 0) is 17.8 Å². The molecule has 4 heterocycles. The molecule has 1 fully saturated rings. The molecule has 126 valence electrons. The van der Waals surface area contributed by atoms with Gasteiger partial charge in [0.25, 0.3) is 0 Å². The largest absolute Gasteiger partial charge is 0.351 e. The third-order valence-electron chi connectivity index (χ3n) is 4.98. The van der Waals surface area contributed by atoms with Gasteiger partial charge in [-0.25, -0.2) is 15.0 Å². The van der Waals surface area contributed by atoms with Gasteiger partial charge in [-0.2, -0.15) is 0 Å². The number of piperidine rings is 1. The highest BCUT2D eigenvalue weighted by atomic mass is 16.2. The van der Waals surface area contributed by atoms with Crippen LogP contribution in [0.15, 0.2) is 30.9 Å². The number of hydrogen-bond acceptors (Lipinski definition) is 5. The Morgan fingerprint density at radius 2 is 1.88 bits per heavy atom. The summed E-state index contributed by atoms with van der Waals surface area (Å²) < 4.78 is 2.14. The summed E-state index contributed by atoms with van der Waals surface area (Å²) in [5.74, 6) is 2.17. The average molecular weight is 326 g/mol. The second kappa shape index (κ2) is 6.59. The fourth-order valence-corrected chi connectivity index (χ4v) is 3.60. The minimum atomic E-state index is 0.0918. The second-order valence-electron chi connectivity index (χ2n) is 6.55. The van der Waals surface area contributed by atoms with Gasteiger partial charge in [-0.05, 0) is 25.3 Å². The molecular weight excluding hydrogens is 304 g/mol. The van der Waals surface area contributed by atoms with E-state index in [2.05, 4.69) is 29.7 Å². The lowest BCUT2D eigenvalue weighted by Gasteiger charge is -2.32. The van der Waals surface area contributed by atoms with Crippen LogP contribution in [0.1, 0.15) is 25.1 Å². The molecule has 0 unspecified atom stereocenters. The number of aryl methyl sites for hydroxylation is 1. The topological polar surface area (TPSA) is 75.9 Å². The van der Waals surface area contributed by atoms with E-state index in [4.69, 9.17) is 0 Å². The molecule has 2 aliphatic rings. The van der Waals surface area contributed by atoms with E-state index in [1.54, 1.807) is 12.4 Å². The highest BCUT2D eigenvalue weighted by Crippen LogP contribution is 2.21. The number of imidazole rings is 1. The van der Waals surface area contributed by atoms with Crippen molar-refractivity contribution in [2.45, 2.75) is 38.3 Å². The van der Waals surface area contributed by atoms with E-state index in [1.165, 1.54) is 0 Å². The number of carbonyl (C=O) groups is 1. The van der Waals surface area contributed by atoms with Crippen LogP contribution in [0.4, 0.5) is 5.95 Å². The van der Waals surface area contributed by atoms with Gasteiger partial charge in [-0.15, -0.1) is 0 Å². The minimum Gasteiger partial charge on any atom is -0.351 e. The van der Waals surface area contributed by atoms with Crippen molar-refractivity contribution in [2.24, 2.45) is 5.92 Å². The van der Waals surface area contributed by atoms with Crippen molar-refractivity contribution in [3.63, 3.8) is 0 Å². The molecule has 7 nitrogen and oxygen atoms in total. The molecule has 1 amide bonds. The Balaban J connectivity index is 1.29. The number of rotatable bonds is 3. The maximum atomic E-state index is 12.6. The van der Waals surface area contributed by atoms with Crippen molar-refractivity contribution in [2.75, 3.05) is 18.0 Å². The lowest BCUT2D eigenvalue weighted by molar-refractivity contribution is -0.126. The number of carbonyl (C=O) groups excluding carboxylic acids is 1. The summed E-state index contributed by atoms with van der Waals surface area (Å²) in [5.41, 5.74) is 0. The van der Waals surface area contributed by atoms with Crippen LogP contribution in [0.5, 0.6) is 0 Å². The van der Waals surface area contributed by atoms with E-state index in [0.717, 1.165) is 57.1 Å². The molecule has 1 N–H and O–H groups in total. The fourth-order valence-electron chi connectivity index (χ4n) is 3.60. The van der Waals surface area contributed by atoms with Crippen molar-refractivity contribution in [1.82, 2.24) is 24.8 Å². The SMILES string of the molecule is O=C(N[C@@H]1CCc2nccn2C1)C1CCN(c2ncccn2)CC1. The zero-order chi connectivity index (χ0) is 16.4. The number of hydrogen-bond donors (Lipinski definition) is 1. The van der Waals surface area contributed by atoms with Gasteiger partial charge in [0, 0.05) is 62.8 Å². The highest BCUT2D eigenvalue weighted by molar-refractivity contribution is 5.79. The second-order valence-corrected chi connectivity index (χ2v) is 6.55. The molecule has 0 radical (unpaired) electrons. The predicted octanol–water partition coefficient (Wildman–Crippen LogP) is 1.02. The van der Waals surface area contributed by atoms with E-state index in [9.17, 15) is 4.79 Å². The Labute approximate surface area is 141 Å². The minimum absolute atomic E-state index is 0.0918. The van der Waals surface area contributed by atoms with E-state index >= 15 is 0 Å². The zero-order valence-corrected chi connectivity index (χ0v) is 13.6. The summed E-state index contributed by atoms with van der Waals surface area (Å²) >= 11 is 0. The van der Waals surface area contributed by atoms with Crippen LogP contribution in [-0.4, -0.2) is 44.6 Å². The fraction of sp³-hybridized carbons (Fsp3) is 0.529. The molecule has 0 aromatic carbocycles. The van der Waals surface area contributed by atoms with Crippen molar-refractivity contribution in [3.8, 4) is 0 Å². The normalized spacial score (nSPS) is 21.3. The van der Waals surface area contributed by atoms with Gasteiger partial charge in [0.15, 0.2) is 0 Å². The third kappa shape index (κ3) is 3.11. The molecule has 0 saturated carbocycles. The van der Waals surface area contributed by atoms with Gasteiger partial charge in [-0.1, -0.05) is 0 Å². The zero-order valence-electron chi connectivity index (χ0n) is 13.6. The van der Waals surface area contributed by atoms with Crippen LogP contribution in [0.3, 0.4) is 0 Å². The lowest BCUT2D eigenvalue weighted by Crippen LogP contribution is -2.46. The van der Waals surface area contributed by atoms with E-state index < -0.39 is 0 Å². The lowest BCUT2D eigenvalue weighted by atomic mass is 9.95. The molecule has 2 aromatic rings. The van der Waals surface area contributed by atoms with Gasteiger partial charge in [-0.3, -0.25) is 4.79 Å². The summed E-state index contributed by atoms with van der Waals surface area (Å²) in [6, 6.07) is 2.04. The quantitative estimate of drug-likeness (QED) is 0.911. The molecule has 0 aliphatic carbocycles. The summed E-state index contributed by atoms with van der Waals surface area (Å²) in [5, 5.41) is 3.24. The third-order valence-corrected chi connectivity index (χ3v) is 4.98. The first kappa shape index (κ1) is 15.1. The van der Waals surface area contributed by atoms with Crippen LogP contribution in [0.2, 0.25) is 0 Å². The van der Waals surface area contributed by atoms with Gasteiger partial charge in [0.2, 0.25) is 11.9 Å². The van der Waals surface area contributed by atoms with Gasteiger partial charge >= 0.3 is 0 Å². The predicted molar refractivity (Wildman–Crippen MR) is 89.4 cm³/mol. The maximum Gasteiger partial charge on any atom is 0.225 e. The van der Waals surface area contributed by atoms with Crippen molar-refractivity contribution >= 4 is 11.9 Å². The number of nitrogens with zero attached hydrogens (tertiary/aromatic N) is 5.